The van der Waals surface area contributed by atoms with Crippen molar-refractivity contribution in [2.24, 2.45) is 5.92 Å². The zero-order chi connectivity index (χ0) is 14.5. The number of likely N-dealkylation sites (N-methyl/N-ethyl adjacent to an activating group) is 1. The SMILES string of the molecule is CN(CC(=O)NC1CCCC1CO)C(=O)c1ccco1. The molecule has 110 valence electrons. The van der Waals surface area contributed by atoms with Gasteiger partial charge in [-0.15, -0.1) is 0 Å². The van der Waals surface area contributed by atoms with Gasteiger partial charge in [0.25, 0.3) is 5.91 Å². The molecule has 0 bridgehead atoms. The highest BCUT2D eigenvalue weighted by molar-refractivity contribution is 5.94. The molecule has 0 aliphatic heterocycles. The first kappa shape index (κ1) is 14.6. The molecule has 1 fully saturated rings. The van der Waals surface area contributed by atoms with Crippen LogP contribution in [0.4, 0.5) is 0 Å². The molecule has 1 heterocycles. The first-order valence-corrected chi connectivity index (χ1v) is 6.81. The highest BCUT2D eigenvalue weighted by atomic mass is 16.3. The Morgan fingerprint density at radius 2 is 2.30 bits per heavy atom. The topological polar surface area (TPSA) is 82.8 Å². The van der Waals surface area contributed by atoms with Crippen LogP contribution in [0.3, 0.4) is 0 Å². The molecule has 2 amide bonds. The molecule has 1 aliphatic rings. The first-order valence-electron chi connectivity index (χ1n) is 6.81. The molecule has 2 unspecified atom stereocenters. The molecule has 2 atom stereocenters. The monoisotopic (exact) mass is 280 g/mol. The predicted molar refractivity (Wildman–Crippen MR) is 72.0 cm³/mol. The van der Waals surface area contributed by atoms with Crippen LogP contribution in [-0.2, 0) is 4.79 Å². The van der Waals surface area contributed by atoms with Crippen LogP contribution in [0.1, 0.15) is 29.8 Å². The summed E-state index contributed by atoms with van der Waals surface area (Å²) in [6, 6.07) is 3.21. The third kappa shape index (κ3) is 3.39. The molecule has 6 heteroatoms. The molecular weight excluding hydrogens is 260 g/mol. The number of aliphatic hydroxyl groups excluding tert-OH is 1. The lowest BCUT2D eigenvalue weighted by atomic mass is 10.1. The normalized spacial score (nSPS) is 21.7. The fourth-order valence-electron chi connectivity index (χ4n) is 2.57. The van der Waals surface area contributed by atoms with Gasteiger partial charge in [-0.05, 0) is 25.0 Å². The lowest BCUT2D eigenvalue weighted by Crippen LogP contribution is -2.44. The van der Waals surface area contributed by atoms with Gasteiger partial charge in [0, 0.05) is 25.6 Å². The maximum absolute atomic E-state index is 11.9. The van der Waals surface area contributed by atoms with E-state index in [9.17, 15) is 14.7 Å². The number of hydrogen-bond donors (Lipinski definition) is 2. The summed E-state index contributed by atoms with van der Waals surface area (Å²) in [5.74, 6) is -0.188. The molecule has 0 saturated heterocycles. The molecule has 1 aliphatic carbocycles. The van der Waals surface area contributed by atoms with Crippen molar-refractivity contribution in [2.75, 3.05) is 20.2 Å². The summed E-state index contributed by atoms with van der Waals surface area (Å²) >= 11 is 0. The van der Waals surface area contributed by atoms with Crippen LogP contribution in [0.15, 0.2) is 22.8 Å². The summed E-state index contributed by atoms with van der Waals surface area (Å²) in [5, 5.41) is 12.1. The van der Waals surface area contributed by atoms with Crippen molar-refractivity contribution in [3.8, 4) is 0 Å². The van der Waals surface area contributed by atoms with Crippen molar-refractivity contribution in [3.05, 3.63) is 24.2 Å². The largest absolute Gasteiger partial charge is 0.459 e. The second kappa shape index (κ2) is 6.56. The van der Waals surface area contributed by atoms with Crippen LogP contribution in [0.5, 0.6) is 0 Å². The Kier molecular flexibility index (Phi) is 4.79. The fourth-order valence-corrected chi connectivity index (χ4v) is 2.57. The van der Waals surface area contributed by atoms with Crippen molar-refractivity contribution in [1.29, 1.82) is 0 Å². The Hall–Kier alpha value is -1.82. The van der Waals surface area contributed by atoms with Crippen LogP contribution in [-0.4, -0.2) is 48.1 Å². The van der Waals surface area contributed by atoms with Crippen LogP contribution < -0.4 is 5.32 Å². The van der Waals surface area contributed by atoms with E-state index in [-0.39, 0.29) is 42.7 Å². The number of nitrogens with one attached hydrogen (secondary N) is 1. The van der Waals surface area contributed by atoms with E-state index >= 15 is 0 Å². The first-order chi connectivity index (χ1) is 9.61. The van der Waals surface area contributed by atoms with E-state index in [0.29, 0.717) is 0 Å². The van der Waals surface area contributed by atoms with Crippen molar-refractivity contribution in [2.45, 2.75) is 25.3 Å². The highest BCUT2D eigenvalue weighted by Crippen LogP contribution is 2.24. The number of nitrogens with zero attached hydrogens (tertiary/aromatic N) is 1. The molecule has 2 rings (SSSR count). The Labute approximate surface area is 117 Å². The number of furan rings is 1. The van der Waals surface area contributed by atoms with Gasteiger partial charge in [-0.2, -0.15) is 0 Å². The Balaban J connectivity index is 1.83. The van der Waals surface area contributed by atoms with Crippen LogP contribution in [0, 0.1) is 5.92 Å². The van der Waals surface area contributed by atoms with Crippen molar-refractivity contribution in [1.82, 2.24) is 10.2 Å². The third-order valence-electron chi connectivity index (χ3n) is 3.70. The minimum absolute atomic E-state index is 0.0135. The van der Waals surface area contributed by atoms with Crippen molar-refractivity contribution < 1.29 is 19.1 Å². The van der Waals surface area contributed by atoms with Crippen molar-refractivity contribution in [3.63, 3.8) is 0 Å². The predicted octanol–water partition coefficient (Wildman–Crippen LogP) is 0.629. The summed E-state index contributed by atoms with van der Waals surface area (Å²) in [4.78, 5) is 25.2. The van der Waals surface area contributed by atoms with E-state index in [1.165, 1.54) is 11.2 Å². The Bertz CT molecular complexity index is 458. The summed E-state index contributed by atoms with van der Waals surface area (Å²) in [5.41, 5.74) is 0. The highest BCUT2D eigenvalue weighted by Gasteiger charge is 2.28. The molecule has 2 N–H and O–H groups in total. The van der Waals surface area contributed by atoms with E-state index in [2.05, 4.69) is 5.32 Å². The zero-order valence-electron chi connectivity index (χ0n) is 11.5. The molecule has 20 heavy (non-hydrogen) atoms. The molecule has 6 nitrogen and oxygen atoms in total. The van der Waals surface area contributed by atoms with E-state index in [1.54, 1.807) is 19.2 Å². The standard InChI is InChI=1S/C14H20N2O4/c1-16(14(19)12-6-3-7-20-12)8-13(18)15-11-5-2-4-10(11)9-17/h3,6-7,10-11,17H,2,4-5,8-9H2,1H3,(H,15,18). The van der Waals surface area contributed by atoms with Gasteiger partial charge in [-0.25, -0.2) is 0 Å². The van der Waals surface area contributed by atoms with Gasteiger partial charge < -0.3 is 19.7 Å². The minimum atomic E-state index is -0.324. The second-order valence-electron chi connectivity index (χ2n) is 5.19. The van der Waals surface area contributed by atoms with E-state index in [1.807, 2.05) is 0 Å². The quantitative estimate of drug-likeness (QED) is 0.828. The zero-order valence-corrected chi connectivity index (χ0v) is 11.5. The molecule has 1 aromatic heterocycles. The average molecular weight is 280 g/mol. The van der Waals surface area contributed by atoms with Gasteiger partial charge in [0.1, 0.15) is 0 Å². The summed E-state index contributed by atoms with van der Waals surface area (Å²) in [6.45, 7) is 0.0697. The summed E-state index contributed by atoms with van der Waals surface area (Å²) in [7, 11) is 1.56. The Morgan fingerprint density at radius 1 is 1.50 bits per heavy atom. The van der Waals surface area contributed by atoms with Crippen LogP contribution in [0.2, 0.25) is 0 Å². The number of aliphatic hydroxyl groups is 1. The molecule has 0 aromatic carbocycles. The molecule has 1 aromatic rings. The Morgan fingerprint density at radius 3 is 2.95 bits per heavy atom. The minimum Gasteiger partial charge on any atom is -0.459 e. The third-order valence-corrected chi connectivity index (χ3v) is 3.70. The smallest absolute Gasteiger partial charge is 0.289 e. The average Bonchev–Trinajstić information content (AvgIpc) is 3.08. The molecule has 1 saturated carbocycles. The van der Waals surface area contributed by atoms with Gasteiger partial charge in [0.05, 0.1) is 12.8 Å². The van der Waals surface area contributed by atoms with Crippen LogP contribution >= 0.6 is 0 Å². The van der Waals surface area contributed by atoms with E-state index < -0.39 is 0 Å². The van der Waals surface area contributed by atoms with Crippen molar-refractivity contribution >= 4 is 11.8 Å². The maximum atomic E-state index is 11.9. The molecule has 0 radical (unpaired) electrons. The number of hydrogen-bond acceptors (Lipinski definition) is 4. The summed E-state index contributed by atoms with van der Waals surface area (Å²) < 4.78 is 5.01. The van der Waals surface area contributed by atoms with Gasteiger partial charge in [-0.3, -0.25) is 9.59 Å². The van der Waals surface area contributed by atoms with E-state index in [4.69, 9.17) is 4.42 Å². The molecule has 0 spiro atoms. The lowest BCUT2D eigenvalue weighted by Gasteiger charge is -2.21. The number of amides is 2. The molecular formula is C14H20N2O4. The van der Waals surface area contributed by atoms with Gasteiger partial charge in [0.15, 0.2) is 5.76 Å². The number of rotatable bonds is 5. The van der Waals surface area contributed by atoms with Gasteiger partial charge >= 0.3 is 0 Å². The lowest BCUT2D eigenvalue weighted by molar-refractivity contribution is -0.122. The summed E-state index contributed by atoms with van der Waals surface area (Å²) in [6.07, 6.45) is 4.25. The van der Waals surface area contributed by atoms with Gasteiger partial charge in [0.2, 0.25) is 5.91 Å². The number of carbonyl (C=O) groups excluding carboxylic acids is 2. The van der Waals surface area contributed by atoms with Crippen LogP contribution in [0.25, 0.3) is 0 Å². The maximum Gasteiger partial charge on any atom is 0.289 e. The second-order valence-corrected chi connectivity index (χ2v) is 5.19. The van der Waals surface area contributed by atoms with Gasteiger partial charge in [-0.1, -0.05) is 6.42 Å². The fraction of sp³-hybridized carbons (Fsp3) is 0.571. The number of carbonyl (C=O) groups is 2. The van der Waals surface area contributed by atoms with E-state index in [0.717, 1.165) is 19.3 Å².